The highest BCUT2D eigenvalue weighted by Crippen LogP contribution is 2.31. The van der Waals surface area contributed by atoms with Crippen molar-refractivity contribution in [1.82, 2.24) is 19.9 Å². The Balaban J connectivity index is 1.62. The standard InChI is InChI=1S/C26H33FN6O2/c1-17-15-34-11-9-32(17)25-21-6-8-23(19-5-7-22(27)20(13-19)14-31(3)4)28-24(21)29-26(30-25)33-10-12-35-16-18(33)2/h5-8,13,17-18H,9-12,14-16H2,1-4H3/t17-,18-/m0/s1. The van der Waals surface area contributed by atoms with Crippen LogP contribution in [0.25, 0.3) is 22.3 Å². The van der Waals surface area contributed by atoms with Gasteiger partial charge in [0.2, 0.25) is 5.95 Å². The van der Waals surface area contributed by atoms with E-state index in [0.29, 0.717) is 50.1 Å². The molecule has 0 bridgehead atoms. The Morgan fingerprint density at radius 1 is 0.943 bits per heavy atom. The van der Waals surface area contributed by atoms with Gasteiger partial charge in [-0.05, 0) is 58.3 Å². The predicted molar refractivity (Wildman–Crippen MR) is 135 cm³/mol. The number of fused-ring (bicyclic) bond motifs is 1. The number of hydrogen-bond donors (Lipinski definition) is 0. The van der Waals surface area contributed by atoms with Gasteiger partial charge < -0.3 is 24.2 Å². The van der Waals surface area contributed by atoms with E-state index in [2.05, 4.69) is 23.6 Å². The zero-order valence-electron chi connectivity index (χ0n) is 20.9. The summed E-state index contributed by atoms with van der Waals surface area (Å²) in [5.74, 6) is 1.34. The van der Waals surface area contributed by atoms with Crippen LogP contribution in [0.4, 0.5) is 16.2 Å². The Morgan fingerprint density at radius 2 is 1.66 bits per heavy atom. The number of aromatic nitrogens is 3. The molecule has 8 nitrogen and oxygen atoms in total. The van der Waals surface area contributed by atoms with Crippen LogP contribution in [-0.2, 0) is 16.0 Å². The van der Waals surface area contributed by atoms with Gasteiger partial charge in [0.05, 0.1) is 49.6 Å². The Bertz CT molecular complexity index is 1210. The molecular weight excluding hydrogens is 447 g/mol. The van der Waals surface area contributed by atoms with Gasteiger partial charge in [0.15, 0.2) is 5.65 Å². The molecule has 2 atom stereocenters. The molecule has 0 aliphatic carbocycles. The number of hydrogen-bond acceptors (Lipinski definition) is 8. The fraction of sp³-hybridized carbons (Fsp3) is 0.500. The maximum absolute atomic E-state index is 14.4. The molecule has 2 aliphatic rings. The third-order valence-corrected chi connectivity index (χ3v) is 6.62. The van der Waals surface area contributed by atoms with Crippen molar-refractivity contribution in [2.45, 2.75) is 32.5 Å². The average molecular weight is 481 g/mol. The lowest BCUT2D eigenvalue weighted by Crippen LogP contribution is -2.46. The van der Waals surface area contributed by atoms with Gasteiger partial charge in [0.1, 0.15) is 11.6 Å². The molecule has 5 rings (SSSR count). The number of rotatable bonds is 5. The van der Waals surface area contributed by atoms with Gasteiger partial charge in [0, 0.05) is 30.8 Å². The Morgan fingerprint density at radius 3 is 2.34 bits per heavy atom. The zero-order valence-corrected chi connectivity index (χ0v) is 20.9. The monoisotopic (exact) mass is 480 g/mol. The van der Waals surface area contributed by atoms with E-state index >= 15 is 0 Å². The molecule has 9 heteroatoms. The molecule has 4 heterocycles. The van der Waals surface area contributed by atoms with Crippen LogP contribution in [0.2, 0.25) is 0 Å². The molecule has 0 radical (unpaired) electrons. The number of ether oxygens (including phenoxy) is 2. The molecule has 0 spiro atoms. The molecule has 0 unspecified atom stereocenters. The minimum absolute atomic E-state index is 0.171. The van der Waals surface area contributed by atoms with Gasteiger partial charge in [-0.3, -0.25) is 0 Å². The van der Waals surface area contributed by atoms with E-state index in [1.165, 1.54) is 6.07 Å². The number of pyridine rings is 1. The molecular formula is C26H33FN6O2. The summed E-state index contributed by atoms with van der Waals surface area (Å²) in [6.07, 6.45) is 0. The Kier molecular flexibility index (Phi) is 6.82. The minimum atomic E-state index is -0.210. The number of benzene rings is 1. The van der Waals surface area contributed by atoms with E-state index in [9.17, 15) is 4.39 Å². The molecule has 2 fully saturated rings. The first-order valence-corrected chi connectivity index (χ1v) is 12.2. The predicted octanol–water partition coefficient (Wildman–Crippen LogP) is 3.34. The van der Waals surface area contributed by atoms with Crippen LogP contribution in [0.1, 0.15) is 19.4 Å². The van der Waals surface area contributed by atoms with E-state index in [0.717, 1.165) is 35.6 Å². The van der Waals surface area contributed by atoms with E-state index in [4.69, 9.17) is 24.4 Å². The van der Waals surface area contributed by atoms with Crippen molar-refractivity contribution in [3.05, 3.63) is 41.7 Å². The number of nitrogens with zero attached hydrogens (tertiary/aromatic N) is 6. The van der Waals surface area contributed by atoms with Crippen molar-refractivity contribution in [3.8, 4) is 11.3 Å². The van der Waals surface area contributed by atoms with Gasteiger partial charge >= 0.3 is 0 Å². The van der Waals surface area contributed by atoms with E-state index in [1.54, 1.807) is 6.07 Å². The highest BCUT2D eigenvalue weighted by Gasteiger charge is 2.27. The summed E-state index contributed by atoms with van der Waals surface area (Å²) in [6, 6.07) is 9.55. The van der Waals surface area contributed by atoms with Crippen LogP contribution in [0.15, 0.2) is 30.3 Å². The summed E-state index contributed by atoms with van der Waals surface area (Å²) in [6.45, 7) is 8.90. The van der Waals surface area contributed by atoms with Crippen LogP contribution in [0.3, 0.4) is 0 Å². The largest absolute Gasteiger partial charge is 0.377 e. The van der Waals surface area contributed by atoms with Crippen molar-refractivity contribution in [1.29, 1.82) is 0 Å². The summed E-state index contributed by atoms with van der Waals surface area (Å²) in [5, 5.41) is 0.905. The van der Waals surface area contributed by atoms with E-state index in [1.807, 2.05) is 37.2 Å². The topological polar surface area (TPSA) is 66.8 Å². The first-order valence-electron chi connectivity index (χ1n) is 12.2. The van der Waals surface area contributed by atoms with Crippen LogP contribution >= 0.6 is 0 Å². The third kappa shape index (κ3) is 4.94. The summed E-state index contributed by atoms with van der Waals surface area (Å²) in [5.41, 5.74) is 2.91. The number of halogens is 1. The lowest BCUT2D eigenvalue weighted by Gasteiger charge is -2.37. The molecule has 0 N–H and O–H groups in total. The Hall–Kier alpha value is -2.88. The highest BCUT2D eigenvalue weighted by atomic mass is 19.1. The molecule has 0 amide bonds. The second-order valence-electron chi connectivity index (χ2n) is 9.69. The first kappa shape index (κ1) is 23.8. The minimum Gasteiger partial charge on any atom is -0.377 e. The van der Waals surface area contributed by atoms with Crippen molar-refractivity contribution < 1.29 is 13.9 Å². The average Bonchev–Trinajstić information content (AvgIpc) is 2.85. The lowest BCUT2D eigenvalue weighted by atomic mass is 10.1. The molecule has 2 saturated heterocycles. The molecule has 0 saturated carbocycles. The van der Waals surface area contributed by atoms with Crippen LogP contribution in [0, 0.1) is 5.82 Å². The van der Waals surface area contributed by atoms with Crippen molar-refractivity contribution in [2.24, 2.45) is 0 Å². The second-order valence-corrected chi connectivity index (χ2v) is 9.69. The maximum Gasteiger partial charge on any atom is 0.229 e. The van der Waals surface area contributed by atoms with Crippen molar-refractivity contribution in [3.63, 3.8) is 0 Å². The maximum atomic E-state index is 14.4. The molecule has 35 heavy (non-hydrogen) atoms. The fourth-order valence-corrected chi connectivity index (χ4v) is 4.75. The number of anilines is 2. The third-order valence-electron chi connectivity index (χ3n) is 6.62. The zero-order chi connectivity index (χ0) is 24.5. The quantitative estimate of drug-likeness (QED) is 0.551. The van der Waals surface area contributed by atoms with Gasteiger partial charge in [-0.15, -0.1) is 0 Å². The Labute approximate surface area is 205 Å². The summed E-state index contributed by atoms with van der Waals surface area (Å²) in [4.78, 5) is 21.3. The van der Waals surface area contributed by atoms with Gasteiger partial charge in [-0.25, -0.2) is 9.37 Å². The van der Waals surface area contributed by atoms with Crippen LogP contribution in [-0.4, -0.2) is 85.5 Å². The fourth-order valence-electron chi connectivity index (χ4n) is 4.75. The smallest absolute Gasteiger partial charge is 0.229 e. The summed E-state index contributed by atoms with van der Waals surface area (Å²) < 4.78 is 25.7. The molecule has 3 aromatic rings. The van der Waals surface area contributed by atoms with Gasteiger partial charge in [-0.2, -0.15) is 9.97 Å². The van der Waals surface area contributed by atoms with Crippen molar-refractivity contribution >= 4 is 22.8 Å². The molecule has 1 aromatic carbocycles. The normalized spacial score (nSPS) is 21.2. The molecule has 2 aliphatic heterocycles. The van der Waals surface area contributed by atoms with E-state index in [-0.39, 0.29) is 17.9 Å². The van der Waals surface area contributed by atoms with Crippen LogP contribution in [0.5, 0.6) is 0 Å². The summed E-state index contributed by atoms with van der Waals surface area (Å²) in [7, 11) is 3.86. The molecule has 186 valence electrons. The van der Waals surface area contributed by atoms with Crippen molar-refractivity contribution in [2.75, 3.05) is 63.4 Å². The second kappa shape index (κ2) is 10.0. The van der Waals surface area contributed by atoms with Crippen LogP contribution < -0.4 is 9.80 Å². The van der Waals surface area contributed by atoms with Gasteiger partial charge in [-0.1, -0.05) is 0 Å². The highest BCUT2D eigenvalue weighted by molar-refractivity contribution is 5.90. The molecule has 2 aromatic heterocycles. The first-order chi connectivity index (χ1) is 16.9. The number of morpholine rings is 2. The summed E-state index contributed by atoms with van der Waals surface area (Å²) >= 11 is 0. The SMILES string of the molecule is C[C@H]1COCCN1c1nc(N2CCOC[C@@H]2C)c2ccc(-c3ccc(F)c(CN(C)C)c3)nc2n1. The lowest BCUT2D eigenvalue weighted by molar-refractivity contribution is 0.0973. The van der Waals surface area contributed by atoms with Gasteiger partial charge in [0.25, 0.3) is 0 Å². The van der Waals surface area contributed by atoms with E-state index < -0.39 is 0 Å².